The van der Waals surface area contributed by atoms with Gasteiger partial charge in [0, 0.05) is 42.0 Å². The Bertz CT molecular complexity index is 1060. The van der Waals surface area contributed by atoms with Gasteiger partial charge in [0.2, 0.25) is 11.8 Å². The molecule has 3 amide bonds. The first-order chi connectivity index (χ1) is 15.2. The molecule has 0 radical (unpaired) electrons. The number of halogens is 2. The fraction of sp³-hybridized carbons (Fsp3) is 0.238. The third-order valence-electron chi connectivity index (χ3n) is 4.88. The van der Waals surface area contributed by atoms with Crippen LogP contribution in [-0.4, -0.2) is 50.4 Å². The van der Waals surface area contributed by atoms with E-state index < -0.39 is 40.3 Å². The molecular formula is C21H17ClFN3O6. The van der Waals surface area contributed by atoms with Gasteiger partial charge >= 0.3 is 0 Å². The number of benzene rings is 2. The number of alkyl halides is 1. The van der Waals surface area contributed by atoms with Crippen LogP contribution >= 0.6 is 11.6 Å². The van der Waals surface area contributed by atoms with E-state index in [0.717, 1.165) is 29.3 Å². The van der Waals surface area contributed by atoms with Crippen LogP contribution in [0.5, 0.6) is 0 Å². The van der Waals surface area contributed by atoms with Gasteiger partial charge in [-0.2, -0.15) is 5.01 Å². The molecule has 32 heavy (non-hydrogen) atoms. The van der Waals surface area contributed by atoms with Crippen LogP contribution in [0.25, 0.3) is 0 Å². The van der Waals surface area contributed by atoms with Crippen molar-refractivity contribution in [3.05, 3.63) is 75.6 Å². The summed E-state index contributed by atoms with van der Waals surface area (Å²) >= 11 is 5.87. The van der Waals surface area contributed by atoms with Crippen LogP contribution < -0.4 is 0 Å². The molecule has 1 heterocycles. The number of non-ortho nitro benzene ring substituents is 1. The molecule has 3 rings (SSSR count). The van der Waals surface area contributed by atoms with Crippen LogP contribution in [0.2, 0.25) is 0 Å². The highest BCUT2D eigenvalue weighted by molar-refractivity contribution is 6.18. The number of rotatable bonds is 8. The number of Topliss-reactive ketones (excluding diaryl/α,β-unsaturated/α-hetero) is 1. The number of nitrogens with zero attached hydrogens (tertiary/aromatic N) is 3. The van der Waals surface area contributed by atoms with E-state index in [2.05, 4.69) is 0 Å². The number of nitro benzene ring substituents is 1. The second-order valence-electron chi connectivity index (χ2n) is 6.92. The molecular weight excluding hydrogens is 445 g/mol. The van der Waals surface area contributed by atoms with Crippen LogP contribution in [0.1, 0.15) is 40.0 Å². The Kier molecular flexibility index (Phi) is 6.94. The van der Waals surface area contributed by atoms with Gasteiger partial charge in [-0.05, 0) is 42.8 Å². The van der Waals surface area contributed by atoms with E-state index >= 15 is 0 Å². The minimum absolute atomic E-state index is 0.0575. The van der Waals surface area contributed by atoms with E-state index in [1.165, 1.54) is 24.3 Å². The summed E-state index contributed by atoms with van der Waals surface area (Å²) in [5, 5.41) is 12.3. The van der Waals surface area contributed by atoms with Crippen molar-refractivity contribution in [2.24, 2.45) is 0 Å². The first kappa shape index (κ1) is 23.0. The molecule has 0 unspecified atom stereocenters. The zero-order valence-electron chi connectivity index (χ0n) is 16.6. The molecule has 1 fully saturated rings. The number of hydrogen-bond donors (Lipinski definition) is 0. The molecule has 1 saturated heterocycles. The third-order valence-corrected chi connectivity index (χ3v) is 5.10. The average molecular weight is 462 g/mol. The quantitative estimate of drug-likeness (QED) is 0.196. The van der Waals surface area contributed by atoms with E-state index in [4.69, 9.17) is 11.6 Å². The maximum Gasteiger partial charge on any atom is 0.273 e. The van der Waals surface area contributed by atoms with Crippen LogP contribution in [0.3, 0.4) is 0 Å². The second kappa shape index (κ2) is 9.65. The minimum Gasteiger partial charge on any atom is -0.292 e. The second-order valence-corrected chi connectivity index (χ2v) is 7.30. The highest BCUT2D eigenvalue weighted by Crippen LogP contribution is 2.25. The molecule has 1 aliphatic rings. The number of hydrogen-bond acceptors (Lipinski definition) is 6. The SMILES string of the molecule is O=C(c1ccc(F)cc1)[C@@H](CCCl)N(C(=O)c1ccc([N+](=O)[O-])cc1)N1C(=O)CCC1=O. The van der Waals surface area contributed by atoms with Gasteiger partial charge in [-0.3, -0.25) is 29.3 Å². The van der Waals surface area contributed by atoms with Crippen molar-refractivity contribution in [1.82, 2.24) is 10.0 Å². The van der Waals surface area contributed by atoms with Gasteiger partial charge in [0.15, 0.2) is 5.78 Å². The predicted octanol–water partition coefficient (Wildman–Crippen LogP) is 3.12. The lowest BCUT2D eigenvalue weighted by atomic mass is 10.0. The molecule has 0 aromatic heterocycles. The topological polar surface area (TPSA) is 118 Å². The monoisotopic (exact) mass is 461 g/mol. The lowest BCUT2D eigenvalue weighted by Gasteiger charge is -2.36. The Balaban J connectivity index is 2.06. The Morgan fingerprint density at radius 2 is 1.56 bits per heavy atom. The van der Waals surface area contributed by atoms with Gasteiger partial charge in [-0.1, -0.05) is 0 Å². The lowest BCUT2D eigenvalue weighted by Crippen LogP contribution is -2.57. The summed E-state index contributed by atoms with van der Waals surface area (Å²) in [4.78, 5) is 61.7. The predicted molar refractivity (Wildman–Crippen MR) is 110 cm³/mol. The first-order valence-corrected chi connectivity index (χ1v) is 10.1. The summed E-state index contributed by atoms with van der Waals surface area (Å²) in [6.45, 7) is 0. The van der Waals surface area contributed by atoms with Crippen LogP contribution in [0.15, 0.2) is 48.5 Å². The number of carbonyl (C=O) groups is 4. The van der Waals surface area contributed by atoms with Gasteiger partial charge in [-0.15, -0.1) is 11.6 Å². The van der Waals surface area contributed by atoms with E-state index in [1.807, 2.05) is 0 Å². The summed E-state index contributed by atoms with van der Waals surface area (Å²) < 4.78 is 13.3. The molecule has 166 valence electrons. The summed E-state index contributed by atoms with van der Waals surface area (Å²) in [5.74, 6) is -3.52. The standard InChI is InChI=1S/C21H17ClFN3O6/c22-12-11-17(20(29)13-1-5-15(23)6-2-13)24(25-18(27)9-10-19(25)28)21(30)14-3-7-16(8-4-14)26(31)32/h1-8,17H,9-12H2/t17-/m1/s1. The maximum absolute atomic E-state index is 13.4. The summed E-state index contributed by atoms with van der Waals surface area (Å²) in [7, 11) is 0. The number of carbonyl (C=O) groups excluding carboxylic acids is 4. The smallest absolute Gasteiger partial charge is 0.273 e. The Labute approximate surface area is 186 Å². The normalized spacial score (nSPS) is 14.4. The van der Waals surface area contributed by atoms with Crippen molar-refractivity contribution in [2.75, 3.05) is 5.88 Å². The van der Waals surface area contributed by atoms with Gasteiger partial charge in [0.25, 0.3) is 11.6 Å². The van der Waals surface area contributed by atoms with Gasteiger partial charge in [-0.25, -0.2) is 9.40 Å². The van der Waals surface area contributed by atoms with E-state index in [-0.39, 0.29) is 42.0 Å². The van der Waals surface area contributed by atoms with Crippen LogP contribution in [0, 0.1) is 15.9 Å². The fourth-order valence-electron chi connectivity index (χ4n) is 3.31. The third kappa shape index (κ3) is 4.65. The van der Waals surface area contributed by atoms with Gasteiger partial charge in [0.05, 0.1) is 4.92 Å². The Hall–Kier alpha value is -3.66. The van der Waals surface area contributed by atoms with Gasteiger partial charge < -0.3 is 0 Å². The molecule has 0 bridgehead atoms. The van der Waals surface area contributed by atoms with Crippen molar-refractivity contribution in [3.8, 4) is 0 Å². The molecule has 2 aromatic rings. The molecule has 0 N–H and O–H groups in total. The highest BCUT2D eigenvalue weighted by Gasteiger charge is 2.43. The summed E-state index contributed by atoms with van der Waals surface area (Å²) in [6.07, 6.45) is -0.379. The molecule has 0 saturated carbocycles. The van der Waals surface area contributed by atoms with Crippen molar-refractivity contribution in [3.63, 3.8) is 0 Å². The summed E-state index contributed by atoms with van der Waals surface area (Å²) in [5.41, 5.74) is -0.280. The first-order valence-electron chi connectivity index (χ1n) is 9.54. The van der Waals surface area contributed by atoms with Crippen molar-refractivity contribution < 1.29 is 28.5 Å². The lowest BCUT2D eigenvalue weighted by molar-refractivity contribution is -0.384. The van der Waals surface area contributed by atoms with Crippen molar-refractivity contribution >= 4 is 40.8 Å². The van der Waals surface area contributed by atoms with E-state index in [9.17, 15) is 33.7 Å². The zero-order chi connectivity index (χ0) is 23.4. The largest absolute Gasteiger partial charge is 0.292 e. The molecule has 0 aliphatic carbocycles. The highest BCUT2D eigenvalue weighted by atomic mass is 35.5. The molecule has 0 spiro atoms. The number of ketones is 1. The van der Waals surface area contributed by atoms with E-state index in [0.29, 0.717) is 5.01 Å². The number of hydrazine groups is 1. The van der Waals surface area contributed by atoms with Crippen LogP contribution in [0.4, 0.5) is 10.1 Å². The maximum atomic E-state index is 13.4. The molecule has 1 atom stereocenters. The van der Waals surface area contributed by atoms with E-state index in [1.54, 1.807) is 0 Å². The van der Waals surface area contributed by atoms with Crippen molar-refractivity contribution in [1.29, 1.82) is 0 Å². The molecule has 2 aromatic carbocycles. The number of amides is 3. The number of imide groups is 1. The fourth-order valence-corrected chi connectivity index (χ4v) is 3.52. The molecule has 9 nitrogen and oxygen atoms in total. The van der Waals surface area contributed by atoms with Crippen molar-refractivity contribution in [2.45, 2.75) is 25.3 Å². The molecule has 1 aliphatic heterocycles. The van der Waals surface area contributed by atoms with Gasteiger partial charge in [0.1, 0.15) is 11.9 Å². The average Bonchev–Trinajstić information content (AvgIpc) is 3.11. The van der Waals surface area contributed by atoms with Crippen LogP contribution in [-0.2, 0) is 9.59 Å². The minimum atomic E-state index is -1.34. The molecule has 11 heteroatoms. The Morgan fingerprint density at radius 1 is 1.03 bits per heavy atom. The number of nitro groups is 1. The Morgan fingerprint density at radius 3 is 2.06 bits per heavy atom. The summed E-state index contributed by atoms with van der Waals surface area (Å²) in [6, 6.07) is 7.76. The zero-order valence-corrected chi connectivity index (χ0v) is 17.3.